The zero-order valence-corrected chi connectivity index (χ0v) is 10.4. The maximum Gasteiger partial charge on any atom is 0.0992 e. The topological polar surface area (TPSA) is 56.0 Å². The van der Waals surface area contributed by atoms with Crippen molar-refractivity contribution in [2.45, 2.75) is 31.4 Å². The first-order valence-corrected chi connectivity index (χ1v) is 6.14. The van der Waals surface area contributed by atoms with E-state index < -0.39 is 0 Å². The second-order valence-electron chi connectivity index (χ2n) is 4.06. The van der Waals surface area contributed by atoms with Crippen molar-refractivity contribution in [3.05, 3.63) is 28.2 Å². The number of nitrogens with one attached hydrogen (secondary N) is 1. The summed E-state index contributed by atoms with van der Waals surface area (Å²) in [7, 11) is 0. The Labute approximate surface area is 103 Å². The van der Waals surface area contributed by atoms with Crippen molar-refractivity contribution in [3.8, 4) is 6.07 Å². The highest BCUT2D eigenvalue weighted by molar-refractivity contribution is 9.10. The van der Waals surface area contributed by atoms with E-state index in [1.807, 2.05) is 6.07 Å². The van der Waals surface area contributed by atoms with Crippen LogP contribution in [0.1, 0.15) is 24.8 Å². The summed E-state index contributed by atoms with van der Waals surface area (Å²) < 4.78 is 0.866. The molecule has 0 aliphatic heterocycles. The number of nitrogens with zero attached hydrogens (tertiary/aromatic N) is 1. The van der Waals surface area contributed by atoms with Crippen molar-refractivity contribution < 1.29 is 5.11 Å². The van der Waals surface area contributed by atoms with Gasteiger partial charge in [0.05, 0.1) is 23.8 Å². The van der Waals surface area contributed by atoms with Gasteiger partial charge in [0, 0.05) is 10.2 Å². The molecule has 1 aromatic rings. The van der Waals surface area contributed by atoms with Crippen LogP contribution >= 0.6 is 15.9 Å². The van der Waals surface area contributed by atoms with Crippen LogP contribution in [0.3, 0.4) is 0 Å². The fourth-order valence-corrected chi connectivity index (χ4v) is 2.50. The minimum Gasteiger partial charge on any atom is -0.391 e. The number of aliphatic hydroxyl groups is 1. The lowest BCUT2D eigenvalue weighted by Gasteiger charge is -2.18. The molecule has 3 nitrogen and oxygen atoms in total. The van der Waals surface area contributed by atoms with Gasteiger partial charge < -0.3 is 10.4 Å². The molecule has 0 unspecified atom stereocenters. The predicted molar refractivity (Wildman–Crippen MR) is 66.1 cm³/mol. The van der Waals surface area contributed by atoms with Crippen LogP contribution in [0.25, 0.3) is 0 Å². The van der Waals surface area contributed by atoms with Crippen LogP contribution in [0.2, 0.25) is 0 Å². The van der Waals surface area contributed by atoms with Crippen LogP contribution in [-0.2, 0) is 0 Å². The molecule has 1 saturated carbocycles. The number of hydrogen-bond donors (Lipinski definition) is 2. The second kappa shape index (κ2) is 4.86. The van der Waals surface area contributed by atoms with Gasteiger partial charge in [-0.15, -0.1) is 0 Å². The second-order valence-corrected chi connectivity index (χ2v) is 4.91. The highest BCUT2D eigenvalue weighted by atomic mass is 79.9. The molecule has 0 spiro atoms. The van der Waals surface area contributed by atoms with E-state index in [9.17, 15) is 5.11 Å². The van der Waals surface area contributed by atoms with Gasteiger partial charge in [-0.05, 0) is 53.4 Å². The summed E-state index contributed by atoms with van der Waals surface area (Å²) in [5, 5.41) is 21.8. The molecule has 0 radical (unpaired) electrons. The highest BCUT2D eigenvalue weighted by Crippen LogP contribution is 2.28. The van der Waals surface area contributed by atoms with Crippen LogP contribution in [-0.4, -0.2) is 17.3 Å². The molecule has 0 saturated heterocycles. The van der Waals surface area contributed by atoms with Gasteiger partial charge in [-0.1, -0.05) is 0 Å². The predicted octanol–water partition coefficient (Wildman–Crippen LogP) is 2.65. The monoisotopic (exact) mass is 280 g/mol. The summed E-state index contributed by atoms with van der Waals surface area (Å²) >= 11 is 3.42. The summed E-state index contributed by atoms with van der Waals surface area (Å²) in [5.74, 6) is 0. The number of aliphatic hydroxyl groups excluding tert-OH is 1. The van der Waals surface area contributed by atoms with E-state index in [0.717, 1.165) is 29.4 Å². The largest absolute Gasteiger partial charge is 0.391 e. The van der Waals surface area contributed by atoms with E-state index in [1.165, 1.54) is 0 Å². The van der Waals surface area contributed by atoms with Crippen molar-refractivity contribution >= 4 is 21.6 Å². The standard InChI is InChI=1S/C12H13BrN2O/c13-9-6-8(7-14)4-5-10(9)15-11-2-1-3-12(11)16/h4-6,11-12,15-16H,1-3H2/t11-,12-/m0/s1. The molecule has 2 atom stereocenters. The minimum absolute atomic E-state index is 0.129. The van der Waals surface area contributed by atoms with E-state index in [-0.39, 0.29) is 12.1 Å². The van der Waals surface area contributed by atoms with Gasteiger partial charge in [-0.25, -0.2) is 0 Å². The van der Waals surface area contributed by atoms with Gasteiger partial charge in [-0.2, -0.15) is 5.26 Å². The fourth-order valence-electron chi connectivity index (χ4n) is 2.01. The van der Waals surface area contributed by atoms with Gasteiger partial charge in [-0.3, -0.25) is 0 Å². The molecule has 2 N–H and O–H groups in total. The highest BCUT2D eigenvalue weighted by Gasteiger charge is 2.25. The summed E-state index contributed by atoms with van der Waals surface area (Å²) in [6.07, 6.45) is 2.66. The summed E-state index contributed by atoms with van der Waals surface area (Å²) in [6, 6.07) is 7.64. The Morgan fingerprint density at radius 3 is 2.81 bits per heavy atom. The molecule has 1 aromatic carbocycles. The third-order valence-corrected chi connectivity index (χ3v) is 3.57. The smallest absolute Gasteiger partial charge is 0.0992 e. The third kappa shape index (κ3) is 2.37. The number of hydrogen-bond acceptors (Lipinski definition) is 3. The Hall–Kier alpha value is -1.05. The molecule has 2 rings (SSSR count). The lowest BCUT2D eigenvalue weighted by molar-refractivity contribution is 0.172. The van der Waals surface area contributed by atoms with Gasteiger partial charge in [0.15, 0.2) is 0 Å². The molecule has 0 aromatic heterocycles. The minimum atomic E-state index is -0.262. The van der Waals surface area contributed by atoms with Crippen LogP contribution in [0.5, 0.6) is 0 Å². The molecular weight excluding hydrogens is 268 g/mol. The average molecular weight is 281 g/mol. The third-order valence-electron chi connectivity index (χ3n) is 2.92. The molecular formula is C12H13BrN2O. The van der Waals surface area contributed by atoms with Gasteiger partial charge in [0.25, 0.3) is 0 Å². The summed E-state index contributed by atoms with van der Waals surface area (Å²) in [5.41, 5.74) is 1.56. The summed E-state index contributed by atoms with van der Waals surface area (Å²) in [6.45, 7) is 0. The van der Waals surface area contributed by atoms with Crippen LogP contribution in [0.4, 0.5) is 5.69 Å². The van der Waals surface area contributed by atoms with Crippen molar-refractivity contribution in [3.63, 3.8) is 0 Å². The molecule has 16 heavy (non-hydrogen) atoms. The van der Waals surface area contributed by atoms with Gasteiger partial charge in [0.1, 0.15) is 0 Å². The van der Waals surface area contributed by atoms with E-state index in [4.69, 9.17) is 5.26 Å². The molecule has 84 valence electrons. The van der Waals surface area contributed by atoms with E-state index >= 15 is 0 Å². The fraction of sp³-hybridized carbons (Fsp3) is 0.417. The molecule has 0 amide bonds. The SMILES string of the molecule is N#Cc1ccc(N[C@H]2CCC[C@@H]2O)c(Br)c1. The normalized spacial score (nSPS) is 24.1. The Bertz CT molecular complexity index is 428. The first-order valence-electron chi connectivity index (χ1n) is 5.35. The molecule has 4 heteroatoms. The Balaban J connectivity index is 2.13. The number of anilines is 1. The number of nitriles is 1. The van der Waals surface area contributed by atoms with Crippen LogP contribution < -0.4 is 5.32 Å². The molecule has 0 bridgehead atoms. The quantitative estimate of drug-likeness (QED) is 0.876. The Morgan fingerprint density at radius 1 is 1.44 bits per heavy atom. The van der Waals surface area contributed by atoms with Crippen molar-refractivity contribution in [1.82, 2.24) is 0 Å². The van der Waals surface area contributed by atoms with E-state index in [1.54, 1.807) is 12.1 Å². The Kier molecular flexibility index (Phi) is 3.47. The maximum atomic E-state index is 9.71. The van der Waals surface area contributed by atoms with Crippen LogP contribution in [0.15, 0.2) is 22.7 Å². The number of benzene rings is 1. The lowest BCUT2D eigenvalue weighted by Crippen LogP contribution is -2.28. The first-order chi connectivity index (χ1) is 7.70. The molecule has 0 heterocycles. The van der Waals surface area contributed by atoms with Crippen molar-refractivity contribution in [2.24, 2.45) is 0 Å². The van der Waals surface area contributed by atoms with Crippen LogP contribution in [0, 0.1) is 11.3 Å². The number of rotatable bonds is 2. The zero-order valence-electron chi connectivity index (χ0n) is 8.78. The number of halogens is 1. The lowest BCUT2D eigenvalue weighted by atomic mass is 10.1. The first kappa shape index (κ1) is 11.4. The van der Waals surface area contributed by atoms with Crippen molar-refractivity contribution in [2.75, 3.05) is 5.32 Å². The van der Waals surface area contributed by atoms with Gasteiger partial charge >= 0.3 is 0 Å². The molecule has 1 aliphatic carbocycles. The average Bonchev–Trinajstić information content (AvgIpc) is 2.67. The molecule has 1 fully saturated rings. The van der Waals surface area contributed by atoms with E-state index in [2.05, 4.69) is 27.3 Å². The zero-order chi connectivity index (χ0) is 11.5. The Morgan fingerprint density at radius 2 is 2.25 bits per heavy atom. The van der Waals surface area contributed by atoms with E-state index in [0.29, 0.717) is 5.56 Å². The van der Waals surface area contributed by atoms with Gasteiger partial charge in [0.2, 0.25) is 0 Å². The summed E-state index contributed by atoms with van der Waals surface area (Å²) in [4.78, 5) is 0. The van der Waals surface area contributed by atoms with Crippen molar-refractivity contribution in [1.29, 1.82) is 5.26 Å². The maximum absolute atomic E-state index is 9.71. The molecule has 1 aliphatic rings.